The number of rotatable bonds is 5. The smallest absolute Gasteiger partial charge is 0.313 e. The van der Waals surface area contributed by atoms with Crippen molar-refractivity contribution in [3.05, 3.63) is 60.2 Å². The van der Waals surface area contributed by atoms with Gasteiger partial charge in [0.15, 0.2) is 0 Å². The largest absolute Gasteiger partial charge is 0.455 e. The van der Waals surface area contributed by atoms with Crippen molar-refractivity contribution in [3.63, 3.8) is 0 Å². The Hall–Kier alpha value is -3.50. The highest BCUT2D eigenvalue weighted by Gasteiger charge is 2.73. The van der Waals surface area contributed by atoms with Gasteiger partial charge >= 0.3 is 5.97 Å². The summed E-state index contributed by atoms with van der Waals surface area (Å²) in [4.78, 5) is 61.6. The predicted octanol–water partition coefficient (Wildman–Crippen LogP) is 3.16. The third kappa shape index (κ3) is 5.60. The number of aliphatic hydroxyl groups is 1. The Morgan fingerprint density at radius 2 is 1.76 bits per heavy atom. The quantitative estimate of drug-likeness (QED) is 0.398. The van der Waals surface area contributed by atoms with Gasteiger partial charge in [-0.05, 0) is 38.2 Å². The van der Waals surface area contributed by atoms with Crippen molar-refractivity contribution in [1.82, 2.24) is 14.7 Å². The molecule has 1 spiro atoms. The number of hydrogen-bond acceptors (Lipinski definition) is 7. The molecule has 3 fully saturated rings. The van der Waals surface area contributed by atoms with Gasteiger partial charge in [0.1, 0.15) is 23.7 Å². The van der Waals surface area contributed by atoms with Crippen LogP contribution in [0.2, 0.25) is 0 Å². The van der Waals surface area contributed by atoms with E-state index in [4.69, 9.17) is 9.47 Å². The number of benzene rings is 1. The predicted molar refractivity (Wildman–Crippen MR) is 165 cm³/mol. The van der Waals surface area contributed by atoms with Gasteiger partial charge in [-0.25, -0.2) is 0 Å². The lowest BCUT2D eigenvalue weighted by molar-refractivity contribution is -0.164. The van der Waals surface area contributed by atoms with Crippen molar-refractivity contribution < 1.29 is 33.8 Å². The third-order valence-corrected chi connectivity index (χ3v) is 10.5. The molecule has 45 heavy (non-hydrogen) atoms. The van der Waals surface area contributed by atoms with Crippen LogP contribution in [0.4, 0.5) is 0 Å². The highest BCUT2D eigenvalue weighted by molar-refractivity contribution is 5.99. The monoisotopic (exact) mass is 619 g/mol. The molecule has 4 aliphatic heterocycles. The van der Waals surface area contributed by atoms with Gasteiger partial charge < -0.3 is 29.3 Å². The van der Waals surface area contributed by atoms with Crippen molar-refractivity contribution in [2.24, 2.45) is 11.8 Å². The summed E-state index contributed by atoms with van der Waals surface area (Å²) in [6, 6.07) is 7.90. The zero-order valence-corrected chi connectivity index (χ0v) is 26.3. The second kappa shape index (κ2) is 13.1. The number of hydrogen-bond donors (Lipinski definition) is 1. The standard InChI is InChI=1S/C35H45N3O7/c1-23-30(24-13-6-3-7-14-24)44-34(43)28-26-18-19-35(45-26)29(28)32(41)38(21-12-22-39)31(35)33(42)37(25-15-8-4-9-16-25)20-11-5-10-17-27(40)36(23)2/h3,5-7,11,13-14,18-19,23,25-26,28-31,39H,4,8-10,12,15-17,20-22H2,1-2H3/b11-5-/t23-,26+,28-,29-,30+,31+,35-/m1/s1. The number of carbonyl (C=O) groups is 4. The first-order valence-corrected chi connectivity index (χ1v) is 16.5. The van der Waals surface area contributed by atoms with Gasteiger partial charge in [0.2, 0.25) is 17.7 Å². The first-order chi connectivity index (χ1) is 21.8. The first kappa shape index (κ1) is 31.5. The van der Waals surface area contributed by atoms with Crippen molar-refractivity contribution in [3.8, 4) is 0 Å². The Morgan fingerprint density at radius 1 is 1.00 bits per heavy atom. The van der Waals surface area contributed by atoms with Crippen LogP contribution in [0.5, 0.6) is 0 Å². The number of carbonyl (C=O) groups excluding carboxylic acids is 4. The summed E-state index contributed by atoms with van der Waals surface area (Å²) < 4.78 is 12.8. The van der Waals surface area contributed by atoms with E-state index in [1.807, 2.05) is 60.4 Å². The van der Waals surface area contributed by atoms with E-state index >= 15 is 0 Å². The highest BCUT2D eigenvalue weighted by Crippen LogP contribution is 2.56. The Balaban J connectivity index is 1.42. The van der Waals surface area contributed by atoms with Gasteiger partial charge in [0, 0.05) is 39.2 Å². The van der Waals surface area contributed by atoms with E-state index in [1.165, 1.54) is 0 Å². The maximum Gasteiger partial charge on any atom is 0.313 e. The number of fused-ring (bicyclic) bond motifs is 2. The summed E-state index contributed by atoms with van der Waals surface area (Å²) in [6.07, 6.45) is 12.0. The molecule has 4 heterocycles. The van der Waals surface area contributed by atoms with Crippen LogP contribution in [0.15, 0.2) is 54.6 Å². The molecule has 1 aromatic rings. The van der Waals surface area contributed by atoms with Crippen LogP contribution < -0.4 is 0 Å². The number of aliphatic hydroxyl groups excluding tert-OH is 1. The lowest BCUT2D eigenvalue weighted by atomic mass is 9.74. The lowest BCUT2D eigenvalue weighted by Gasteiger charge is -2.40. The molecule has 5 aliphatic rings. The number of likely N-dealkylation sites (tertiary alicyclic amines) is 1. The Morgan fingerprint density at radius 3 is 2.49 bits per heavy atom. The third-order valence-electron chi connectivity index (χ3n) is 10.5. The second-order valence-electron chi connectivity index (χ2n) is 13.1. The fraction of sp³-hybridized carbons (Fsp3) is 0.600. The van der Waals surface area contributed by atoms with Crippen LogP contribution in [-0.2, 0) is 28.7 Å². The number of likely N-dealkylation sites (N-methyl/N-ethyl adjacent to an activating group) is 1. The Kier molecular flexibility index (Phi) is 9.15. The van der Waals surface area contributed by atoms with Crippen LogP contribution in [0.1, 0.15) is 70.0 Å². The van der Waals surface area contributed by atoms with E-state index in [0.717, 1.165) is 37.7 Å². The van der Waals surface area contributed by atoms with Gasteiger partial charge in [-0.15, -0.1) is 0 Å². The topological polar surface area (TPSA) is 117 Å². The van der Waals surface area contributed by atoms with Crippen molar-refractivity contribution >= 4 is 23.7 Å². The lowest BCUT2D eigenvalue weighted by Crippen LogP contribution is -2.58. The van der Waals surface area contributed by atoms with E-state index < -0.39 is 47.7 Å². The maximum absolute atomic E-state index is 14.7. The van der Waals surface area contributed by atoms with Crippen LogP contribution in [0.3, 0.4) is 0 Å². The molecule has 6 rings (SSSR count). The number of allylic oxidation sites excluding steroid dienone is 1. The molecule has 7 atom stereocenters. The fourth-order valence-electron chi connectivity index (χ4n) is 8.08. The minimum Gasteiger partial charge on any atom is -0.455 e. The van der Waals surface area contributed by atoms with Gasteiger partial charge in [0.25, 0.3) is 0 Å². The molecule has 3 amide bonds. The molecule has 242 valence electrons. The molecule has 1 saturated carbocycles. The summed E-state index contributed by atoms with van der Waals surface area (Å²) in [6.45, 7) is 2.27. The SMILES string of the molecule is C[C@@H]1[C@@H](c2ccccc2)OC(=O)[C@@H]2[C@@H]3C=C[C@]4(O3)[C@H](C(=O)N(C3CCCCC3)C/C=C\CCC(=O)N1C)N(CCCO)C(=O)[C@@H]24. The highest BCUT2D eigenvalue weighted by atomic mass is 16.6. The number of esters is 1. The van der Waals surface area contributed by atoms with Crippen LogP contribution >= 0.6 is 0 Å². The zero-order valence-electron chi connectivity index (χ0n) is 26.3. The van der Waals surface area contributed by atoms with Crippen LogP contribution in [0, 0.1) is 11.8 Å². The normalized spacial score (nSPS) is 35.2. The van der Waals surface area contributed by atoms with Crippen molar-refractivity contribution in [2.75, 3.05) is 26.7 Å². The molecule has 5 bridgehead atoms. The average Bonchev–Trinajstić information content (AvgIpc) is 3.70. The molecule has 10 heteroatoms. The molecule has 1 N–H and O–H groups in total. The minimum atomic E-state index is -1.30. The van der Waals surface area contributed by atoms with Crippen LogP contribution in [0.25, 0.3) is 0 Å². The fourth-order valence-corrected chi connectivity index (χ4v) is 8.08. The van der Waals surface area contributed by atoms with E-state index in [0.29, 0.717) is 19.4 Å². The van der Waals surface area contributed by atoms with Gasteiger partial charge in [-0.3, -0.25) is 19.2 Å². The molecule has 10 nitrogen and oxygen atoms in total. The second-order valence-corrected chi connectivity index (χ2v) is 13.1. The molecule has 0 unspecified atom stereocenters. The molecular weight excluding hydrogens is 574 g/mol. The minimum absolute atomic E-state index is 0.0202. The first-order valence-electron chi connectivity index (χ1n) is 16.5. The summed E-state index contributed by atoms with van der Waals surface area (Å²) in [5, 5.41) is 9.71. The molecular formula is C35H45N3O7. The average molecular weight is 620 g/mol. The summed E-state index contributed by atoms with van der Waals surface area (Å²) >= 11 is 0. The number of nitrogens with zero attached hydrogens (tertiary/aromatic N) is 3. The van der Waals surface area contributed by atoms with Gasteiger partial charge in [0.05, 0.1) is 18.1 Å². The molecule has 0 radical (unpaired) electrons. The number of amides is 3. The van der Waals surface area contributed by atoms with E-state index in [2.05, 4.69) is 0 Å². The zero-order chi connectivity index (χ0) is 31.7. The number of ether oxygens (including phenoxy) is 2. The summed E-state index contributed by atoms with van der Waals surface area (Å²) in [5.74, 6) is -3.07. The van der Waals surface area contributed by atoms with Gasteiger partial charge in [-0.2, -0.15) is 0 Å². The molecule has 0 aromatic heterocycles. The van der Waals surface area contributed by atoms with Crippen molar-refractivity contribution in [1.29, 1.82) is 0 Å². The van der Waals surface area contributed by atoms with E-state index in [1.54, 1.807) is 22.9 Å². The van der Waals surface area contributed by atoms with Gasteiger partial charge in [-0.1, -0.05) is 73.9 Å². The number of cyclic esters (lactones) is 1. The molecule has 2 saturated heterocycles. The Labute approximate surface area is 265 Å². The van der Waals surface area contributed by atoms with Crippen molar-refractivity contribution in [2.45, 2.75) is 94.2 Å². The van der Waals surface area contributed by atoms with Crippen LogP contribution in [-0.4, -0.2) is 100 Å². The van der Waals surface area contributed by atoms with E-state index in [9.17, 15) is 24.3 Å². The molecule has 1 aliphatic carbocycles. The maximum atomic E-state index is 14.7. The summed E-state index contributed by atoms with van der Waals surface area (Å²) in [7, 11) is 1.72. The molecule has 1 aromatic carbocycles. The Bertz CT molecular complexity index is 1340. The van der Waals surface area contributed by atoms with E-state index in [-0.39, 0.29) is 43.3 Å². The summed E-state index contributed by atoms with van der Waals surface area (Å²) in [5.41, 5.74) is -0.563.